The van der Waals surface area contributed by atoms with Gasteiger partial charge in [0.25, 0.3) is 0 Å². The first-order valence-electron chi connectivity index (χ1n) is 6.65. The van der Waals surface area contributed by atoms with E-state index in [0.29, 0.717) is 6.42 Å². The summed E-state index contributed by atoms with van der Waals surface area (Å²) in [5.41, 5.74) is -2.76. The predicted molar refractivity (Wildman–Crippen MR) is 57.9 cm³/mol. The quantitative estimate of drug-likeness (QED) is 0.667. The van der Waals surface area contributed by atoms with E-state index in [0.717, 1.165) is 0 Å². The fourth-order valence-electron chi connectivity index (χ4n) is 2.35. The van der Waals surface area contributed by atoms with Crippen molar-refractivity contribution in [2.45, 2.75) is 55.5 Å². The zero-order chi connectivity index (χ0) is 19.5. The average molecular weight is 391 g/mol. The van der Waals surface area contributed by atoms with E-state index in [9.17, 15) is 48.3 Å². The smallest absolute Gasteiger partial charge is 0.361 e. The van der Waals surface area contributed by atoms with Crippen LogP contribution >= 0.6 is 0 Å². The van der Waals surface area contributed by atoms with Crippen molar-refractivity contribution in [3.8, 4) is 0 Å². The maximum atomic E-state index is 13.9. The molecule has 0 radical (unpaired) electrons. The lowest BCUT2D eigenvalue weighted by atomic mass is 9.90. The van der Waals surface area contributed by atoms with Gasteiger partial charge in [0, 0.05) is 12.0 Å². The molecule has 1 heterocycles. The molecule has 13 heteroatoms. The highest BCUT2D eigenvalue weighted by atomic mass is 19.4. The Balaban J connectivity index is 2.55. The van der Waals surface area contributed by atoms with Crippen LogP contribution in [0.15, 0.2) is 4.52 Å². The van der Waals surface area contributed by atoms with E-state index in [1.807, 2.05) is 0 Å². The molecule has 2 rings (SSSR count). The number of halogens is 11. The molecule has 0 bridgehead atoms. The van der Waals surface area contributed by atoms with E-state index in [1.54, 1.807) is 0 Å². The zero-order valence-electron chi connectivity index (χ0n) is 11.8. The number of aromatic nitrogens is 1. The van der Waals surface area contributed by atoms with Gasteiger partial charge >= 0.3 is 29.9 Å². The van der Waals surface area contributed by atoms with Crippen LogP contribution in [0.5, 0.6) is 0 Å². The van der Waals surface area contributed by atoms with Gasteiger partial charge in [0.05, 0.1) is 0 Å². The normalized spacial score (nSPS) is 17.6. The minimum atomic E-state index is -7.44. The van der Waals surface area contributed by atoms with Gasteiger partial charge in [-0.15, -0.1) is 0 Å². The molecule has 0 N–H and O–H groups in total. The van der Waals surface area contributed by atoms with Gasteiger partial charge in [-0.05, 0) is 19.3 Å². The predicted octanol–water partition coefficient (Wildman–Crippen LogP) is 5.11. The fourth-order valence-corrected chi connectivity index (χ4v) is 2.35. The van der Waals surface area contributed by atoms with Crippen molar-refractivity contribution in [3.05, 3.63) is 17.0 Å². The molecule has 0 saturated carbocycles. The summed E-state index contributed by atoms with van der Waals surface area (Å²) in [7, 11) is 0. The average Bonchev–Trinajstić information content (AvgIpc) is 2.89. The molecule has 1 aromatic rings. The molecule has 0 unspecified atom stereocenters. The molecule has 1 aliphatic carbocycles. The number of hydrogen-bond acceptors (Lipinski definition) is 2. The van der Waals surface area contributed by atoms with Gasteiger partial charge < -0.3 is 4.52 Å². The first kappa shape index (κ1) is 19.8. The van der Waals surface area contributed by atoms with Gasteiger partial charge in [-0.25, -0.2) is 0 Å². The molecule has 1 aliphatic rings. The molecule has 1 aromatic heterocycles. The van der Waals surface area contributed by atoms with Crippen molar-refractivity contribution in [3.63, 3.8) is 0 Å². The lowest BCUT2D eigenvalue weighted by molar-refractivity contribution is -0.425. The molecule has 0 spiro atoms. The summed E-state index contributed by atoms with van der Waals surface area (Å²) < 4.78 is 147. The Morgan fingerprint density at radius 2 is 1.20 bits per heavy atom. The second-order valence-corrected chi connectivity index (χ2v) is 5.44. The lowest BCUT2D eigenvalue weighted by Gasteiger charge is -2.36. The van der Waals surface area contributed by atoms with Crippen molar-refractivity contribution in [1.82, 2.24) is 5.16 Å². The van der Waals surface area contributed by atoms with Crippen LogP contribution in [0.2, 0.25) is 0 Å². The van der Waals surface area contributed by atoms with E-state index < -0.39 is 41.1 Å². The van der Waals surface area contributed by atoms with E-state index in [1.165, 1.54) is 0 Å². The Labute approximate surface area is 131 Å². The highest BCUT2D eigenvalue weighted by molar-refractivity contribution is 5.31. The number of hydrogen-bond donors (Lipinski definition) is 0. The highest BCUT2D eigenvalue weighted by Gasteiger charge is 2.88. The number of alkyl halides is 11. The van der Waals surface area contributed by atoms with Gasteiger partial charge in [0.15, 0.2) is 5.69 Å². The maximum Gasteiger partial charge on any atom is 0.460 e. The van der Waals surface area contributed by atoms with Crippen LogP contribution in [-0.2, 0) is 18.8 Å². The highest BCUT2D eigenvalue weighted by Crippen LogP contribution is 2.60. The van der Waals surface area contributed by atoms with Crippen molar-refractivity contribution in [2.75, 3.05) is 0 Å². The number of fused-ring (bicyclic) bond motifs is 1. The van der Waals surface area contributed by atoms with Crippen LogP contribution < -0.4 is 0 Å². The molecule has 2 nitrogen and oxygen atoms in total. The van der Waals surface area contributed by atoms with E-state index in [2.05, 4.69) is 9.68 Å². The van der Waals surface area contributed by atoms with Crippen molar-refractivity contribution < 1.29 is 52.8 Å². The van der Waals surface area contributed by atoms with Crippen LogP contribution in [0, 0.1) is 0 Å². The molecule has 0 aliphatic heterocycles. The van der Waals surface area contributed by atoms with Gasteiger partial charge in [-0.3, -0.25) is 0 Å². The standard InChI is InChI=1S/C12H8F11NO/c13-8(14,7-5-3-1-2-4-6(5)25-24-7)9(15,16)10(17,18)11(19,20)12(21,22)23/h1-4H2. The lowest BCUT2D eigenvalue weighted by Crippen LogP contribution is -2.65. The Kier molecular flexibility index (Phi) is 4.32. The molecule has 25 heavy (non-hydrogen) atoms. The summed E-state index contributed by atoms with van der Waals surface area (Å²) in [4.78, 5) is 0. The number of rotatable bonds is 4. The Morgan fingerprint density at radius 3 is 1.72 bits per heavy atom. The number of aryl methyl sites for hydroxylation is 1. The van der Waals surface area contributed by atoms with Crippen molar-refractivity contribution >= 4 is 0 Å². The largest absolute Gasteiger partial charge is 0.460 e. The molecule has 0 amide bonds. The second kappa shape index (κ2) is 5.47. The van der Waals surface area contributed by atoms with E-state index in [-0.39, 0.29) is 25.0 Å². The summed E-state index contributed by atoms with van der Waals surface area (Å²) in [5, 5.41) is 2.53. The van der Waals surface area contributed by atoms with Crippen molar-refractivity contribution in [1.29, 1.82) is 0 Å². The summed E-state index contributed by atoms with van der Waals surface area (Å²) in [6, 6.07) is 0. The van der Waals surface area contributed by atoms with Gasteiger partial charge in [0.1, 0.15) is 5.76 Å². The zero-order valence-corrected chi connectivity index (χ0v) is 11.8. The first-order valence-corrected chi connectivity index (χ1v) is 6.65. The van der Waals surface area contributed by atoms with Crippen molar-refractivity contribution in [2.24, 2.45) is 0 Å². The third kappa shape index (κ3) is 2.57. The van der Waals surface area contributed by atoms with Crippen LogP contribution in [0.25, 0.3) is 0 Å². The maximum absolute atomic E-state index is 13.9. The first-order chi connectivity index (χ1) is 11.1. The van der Waals surface area contributed by atoms with Crippen LogP contribution in [0.3, 0.4) is 0 Å². The minimum Gasteiger partial charge on any atom is -0.361 e. The molecule has 0 atom stereocenters. The van der Waals surface area contributed by atoms with E-state index >= 15 is 0 Å². The van der Waals surface area contributed by atoms with Crippen LogP contribution in [-0.4, -0.2) is 29.1 Å². The Hall–Kier alpha value is -1.56. The summed E-state index contributed by atoms with van der Waals surface area (Å²) in [6.07, 6.45) is -7.02. The molecular weight excluding hydrogens is 383 g/mol. The van der Waals surface area contributed by atoms with Gasteiger partial charge in [-0.2, -0.15) is 48.3 Å². The molecular formula is C12H8F11NO. The summed E-state index contributed by atoms with van der Waals surface area (Å²) >= 11 is 0. The fraction of sp³-hybridized carbons (Fsp3) is 0.750. The summed E-state index contributed by atoms with van der Waals surface area (Å²) in [6.45, 7) is 0. The molecule has 0 saturated heterocycles. The second-order valence-electron chi connectivity index (χ2n) is 5.44. The van der Waals surface area contributed by atoms with Crippen LogP contribution in [0.4, 0.5) is 48.3 Å². The molecule has 0 fully saturated rings. The molecule has 0 aromatic carbocycles. The van der Waals surface area contributed by atoms with Gasteiger partial charge in [0.2, 0.25) is 0 Å². The SMILES string of the molecule is FC(F)(F)C(F)(F)C(F)(F)C(F)(F)C(F)(F)c1noc2c1CCCC2. The topological polar surface area (TPSA) is 26.0 Å². The molecule has 144 valence electrons. The third-order valence-electron chi connectivity index (χ3n) is 3.79. The van der Waals surface area contributed by atoms with Gasteiger partial charge in [-0.1, -0.05) is 5.16 Å². The van der Waals surface area contributed by atoms with E-state index in [4.69, 9.17) is 0 Å². The third-order valence-corrected chi connectivity index (χ3v) is 3.79. The monoisotopic (exact) mass is 391 g/mol. The Bertz CT molecular complexity index is 646. The van der Waals surface area contributed by atoms with Crippen LogP contribution in [0.1, 0.15) is 29.9 Å². The Morgan fingerprint density at radius 1 is 0.680 bits per heavy atom. The summed E-state index contributed by atoms with van der Waals surface area (Å²) in [5.74, 6) is -28.4. The minimum absolute atomic E-state index is 0.0426. The number of nitrogens with zero attached hydrogens (tertiary/aromatic N) is 1.